The van der Waals surface area contributed by atoms with Crippen LogP contribution < -0.4 is 9.91 Å². The van der Waals surface area contributed by atoms with E-state index >= 15 is 0 Å². The van der Waals surface area contributed by atoms with Gasteiger partial charge < -0.3 is 9.32 Å². The number of non-ortho nitro benzene ring substituents is 1. The number of rotatable bonds is 6. The van der Waals surface area contributed by atoms with Crippen molar-refractivity contribution >= 4 is 22.8 Å². The first kappa shape index (κ1) is 21.5. The van der Waals surface area contributed by atoms with E-state index in [1.165, 1.54) is 17.7 Å². The summed E-state index contributed by atoms with van der Waals surface area (Å²) in [7, 11) is 4.05. The van der Waals surface area contributed by atoms with Crippen LogP contribution in [0.4, 0.5) is 17.1 Å². The van der Waals surface area contributed by atoms with E-state index in [2.05, 4.69) is 29.2 Å². The van der Waals surface area contributed by atoms with E-state index in [0.29, 0.717) is 23.5 Å². The van der Waals surface area contributed by atoms with E-state index in [1.54, 1.807) is 12.1 Å². The molecule has 4 aromatic rings. The topological polar surface area (TPSA) is 75.1 Å². The SMILES string of the molecule is CN(C)c1ccc(C2CC(c3ccc(-c4cccc([N+](=O)[O-])c4)o3)=NN2c2ccccc2)cc1. The Kier molecular flexibility index (Phi) is 5.59. The number of nitro groups is 1. The Balaban J connectivity index is 1.48. The zero-order chi connectivity index (χ0) is 23.7. The molecule has 0 fully saturated rings. The Morgan fingerprint density at radius 3 is 2.38 bits per heavy atom. The minimum absolute atomic E-state index is 0.0278. The maximum Gasteiger partial charge on any atom is 0.270 e. The summed E-state index contributed by atoms with van der Waals surface area (Å²) < 4.78 is 6.12. The first-order chi connectivity index (χ1) is 16.5. The minimum Gasteiger partial charge on any atom is -0.455 e. The summed E-state index contributed by atoms with van der Waals surface area (Å²) in [4.78, 5) is 12.8. The van der Waals surface area contributed by atoms with Crippen molar-refractivity contribution in [1.82, 2.24) is 0 Å². The number of nitrogens with zero attached hydrogens (tertiary/aromatic N) is 4. The zero-order valence-corrected chi connectivity index (χ0v) is 19.0. The van der Waals surface area contributed by atoms with Crippen molar-refractivity contribution in [3.05, 3.63) is 112 Å². The van der Waals surface area contributed by atoms with Gasteiger partial charge >= 0.3 is 0 Å². The smallest absolute Gasteiger partial charge is 0.270 e. The Hall–Kier alpha value is -4.39. The van der Waals surface area contributed by atoms with Crippen molar-refractivity contribution in [2.24, 2.45) is 5.10 Å². The van der Waals surface area contributed by atoms with E-state index in [4.69, 9.17) is 9.52 Å². The van der Waals surface area contributed by atoms with E-state index in [0.717, 1.165) is 17.1 Å². The van der Waals surface area contributed by atoms with Crippen LogP contribution in [0.5, 0.6) is 0 Å². The van der Waals surface area contributed by atoms with Crippen molar-refractivity contribution in [3.8, 4) is 11.3 Å². The minimum atomic E-state index is -0.404. The standard InChI is InChI=1S/C27H24N4O3/c1-29(2)21-13-11-19(12-14-21)25-18-24(28-30(25)22-8-4-3-5-9-22)27-16-15-26(34-27)20-7-6-10-23(17-20)31(32)33/h3-17,25H,18H2,1-2H3. The van der Waals surface area contributed by atoms with Crippen molar-refractivity contribution in [1.29, 1.82) is 0 Å². The molecule has 170 valence electrons. The number of nitro benzene ring substituents is 1. The fourth-order valence-electron chi connectivity index (χ4n) is 4.15. The molecule has 0 saturated heterocycles. The second kappa shape index (κ2) is 8.86. The maximum absolute atomic E-state index is 11.1. The van der Waals surface area contributed by atoms with Gasteiger partial charge in [-0.3, -0.25) is 15.1 Å². The average molecular weight is 453 g/mol. The summed E-state index contributed by atoms with van der Waals surface area (Å²) in [5.74, 6) is 1.24. The second-order valence-electron chi connectivity index (χ2n) is 8.40. The van der Waals surface area contributed by atoms with E-state index in [-0.39, 0.29) is 11.7 Å². The van der Waals surface area contributed by atoms with Crippen LogP contribution in [-0.4, -0.2) is 24.7 Å². The lowest BCUT2D eigenvalue weighted by Gasteiger charge is -2.24. The molecule has 0 spiro atoms. The normalized spacial score (nSPS) is 15.3. The molecule has 0 bridgehead atoms. The lowest BCUT2D eigenvalue weighted by atomic mass is 10.00. The van der Waals surface area contributed by atoms with Gasteiger partial charge in [-0.15, -0.1) is 0 Å². The summed E-state index contributed by atoms with van der Waals surface area (Å²) in [5.41, 5.74) is 4.84. The van der Waals surface area contributed by atoms with Gasteiger partial charge in [0.1, 0.15) is 11.5 Å². The zero-order valence-electron chi connectivity index (χ0n) is 19.0. The molecule has 0 amide bonds. The van der Waals surface area contributed by atoms with Gasteiger partial charge in [-0.1, -0.05) is 42.5 Å². The van der Waals surface area contributed by atoms with E-state index in [9.17, 15) is 10.1 Å². The molecule has 1 aliphatic heterocycles. The predicted molar refractivity (Wildman–Crippen MR) is 134 cm³/mol. The van der Waals surface area contributed by atoms with Gasteiger partial charge in [0.2, 0.25) is 0 Å². The van der Waals surface area contributed by atoms with Gasteiger partial charge in [-0.05, 0) is 42.0 Å². The highest BCUT2D eigenvalue weighted by molar-refractivity contribution is 6.01. The molecule has 1 aliphatic rings. The third-order valence-electron chi connectivity index (χ3n) is 5.96. The fraction of sp³-hybridized carbons (Fsp3) is 0.148. The number of anilines is 2. The molecule has 7 heteroatoms. The van der Waals surface area contributed by atoms with Crippen LogP contribution in [0.3, 0.4) is 0 Å². The van der Waals surface area contributed by atoms with Crippen LogP contribution in [0, 0.1) is 10.1 Å². The highest BCUT2D eigenvalue weighted by Crippen LogP contribution is 2.38. The van der Waals surface area contributed by atoms with Gasteiger partial charge in [0, 0.05) is 43.9 Å². The Bertz CT molecular complexity index is 1340. The van der Waals surface area contributed by atoms with Gasteiger partial charge in [-0.25, -0.2) is 0 Å². The van der Waals surface area contributed by atoms with Gasteiger partial charge in [0.15, 0.2) is 5.76 Å². The Labute approximate surface area is 197 Å². The van der Waals surface area contributed by atoms with E-state index in [1.807, 2.05) is 61.6 Å². The number of hydrazone groups is 1. The largest absolute Gasteiger partial charge is 0.455 e. The van der Waals surface area contributed by atoms with Crippen molar-refractivity contribution in [2.45, 2.75) is 12.5 Å². The molecule has 34 heavy (non-hydrogen) atoms. The van der Waals surface area contributed by atoms with Crippen LogP contribution in [0.1, 0.15) is 23.8 Å². The third-order valence-corrected chi connectivity index (χ3v) is 5.96. The van der Waals surface area contributed by atoms with Crippen LogP contribution >= 0.6 is 0 Å². The highest BCUT2D eigenvalue weighted by atomic mass is 16.6. The summed E-state index contributed by atoms with van der Waals surface area (Å²) in [5, 5.41) is 18.1. The highest BCUT2D eigenvalue weighted by Gasteiger charge is 2.31. The van der Waals surface area contributed by atoms with Gasteiger partial charge in [0.25, 0.3) is 5.69 Å². The molecule has 1 atom stereocenters. The number of furan rings is 1. The molecule has 0 N–H and O–H groups in total. The molecule has 1 unspecified atom stereocenters. The lowest BCUT2D eigenvalue weighted by molar-refractivity contribution is -0.384. The monoisotopic (exact) mass is 452 g/mol. The molecule has 0 aliphatic carbocycles. The van der Waals surface area contributed by atoms with Crippen molar-refractivity contribution in [2.75, 3.05) is 24.0 Å². The number of benzene rings is 3. The summed E-state index contributed by atoms with van der Waals surface area (Å²) >= 11 is 0. The lowest BCUT2D eigenvalue weighted by Crippen LogP contribution is -2.18. The van der Waals surface area contributed by atoms with Crippen LogP contribution in [-0.2, 0) is 0 Å². The first-order valence-electron chi connectivity index (χ1n) is 11.0. The molecule has 0 radical (unpaired) electrons. The van der Waals surface area contributed by atoms with Gasteiger partial charge in [0.05, 0.1) is 16.7 Å². The van der Waals surface area contributed by atoms with Crippen molar-refractivity contribution < 1.29 is 9.34 Å². The average Bonchev–Trinajstić information content (AvgIpc) is 3.53. The maximum atomic E-state index is 11.1. The third kappa shape index (κ3) is 4.15. The van der Waals surface area contributed by atoms with Crippen LogP contribution in [0.25, 0.3) is 11.3 Å². The van der Waals surface area contributed by atoms with Crippen LogP contribution in [0.2, 0.25) is 0 Å². The fourth-order valence-corrected chi connectivity index (χ4v) is 4.15. The predicted octanol–water partition coefficient (Wildman–Crippen LogP) is 6.28. The summed E-state index contributed by atoms with van der Waals surface area (Å²) in [6, 6.07) is 28.8. The van der Waals surface area contributed by atoms with Crippen molar-refractivity contribution in [3.63, 3.8) is 0 Å². The summed E-state index contributed by atoms with van der Waals surface area (Å²) in [6.07, 6.45) is 0.679. The number of para-hydroxylation sites is 1. The molecular weight excluding hydrogens is 428 g/mol. The molecule has 7 nitrogen and oxygen atoms in total. The second-order valence-corrected chi connectivity index (χ2v) is 8.40. The molecule has 2 heterocycles. The number of hydrogen-bond donors (Lipinski definition) is 0. The van der Waals surface area contributed by atoms with E-state index < -0.39 is 4.92 Å². The number of hydrogen-bond acceptors (Lipinski definition) is 6. The summed E-state index contributed by atoms with van der Waals surface area (Å²) in [6.45, 7) is 0. The quantitative estimate of drug-likeness (QED) is 0.254. The molecule has 0 saturated carbocycles. The Morgan fingerprint density at radius 1 is 0.941 bits per heavy atom. The molecule has 3 aromatic carbocycles. The van der Waals surface area contributed by atoms with Gasteiger partial charge in [-0.2, -0.15) is 5.10 Å². The van der Waals surface area contributed by atoms with Crippen LogP contribution in [0.15, 0.2) is 101 Å². The molecule has 5 rings (SSSR count). The Morgan fingerprint density at radius 2 is 1.68 bits per heavy atom. The molecule has 1 aromatic heterocycles. The molecular formula is C27H24N4O3. The first-order valence-corrected chi connectivity index (χ1v) is 11.0.